The van der Waals surface area contributed by atoms with Gasteiger partial charge in [-0.05, 0) is 17.2 Å². The zero-order chi connectivity index (χ0) is 24.9. The molecule has 1 saturated heterocycles. The fourth-order valence-electron chi connectivity index (χ4n) is 3.28. The minimum atomic E-state index is -2.16. The third-order valence-corrected chi connectivity index (χ3v) is 5.09. The van der Waals surface area contributed by atoms with Crippen LogP contribution in [-0.4, -0.2) is 56.2 Å². The van der Waals surface area contributed by atoms with Gasteiger partial charge in [0.05, 0.1) is 12.3 Å². The van der Waals surface area contributed by atoms with E-state index in [9.17, 15) is 24.6 Å². The number of rotatable bonds is 8. The van der Waals surface area contributed by atoms with Gasteiger partial charge in [0.1, 0.15) is 24.6 Å². The third kappa shape index (κ3) is 5.41. The van der Waals surface area contributed by atoms with Crippen molar-refractivity contribution >= 4 is 17.7 Å². The number of esters is 1. The lowest BCUT2D eigenvalue weighted by Crippen LogP contribution is -2.45. The first kappa shape index (κ1) is 24.9. The van der Waals surface area contributed by atoms with E-state index in [-0.39, 0.29) is 12.2 Å². The van der Waals surface area contributed by atoms with Gasteiger partial charge in [-0.1, -0.05) is 49.3 Å². The smallest absolute Gasteiger partial charge is 0.351 e. The van der Waals surface area contributed by atoms with Crippen LogP contribution in [0.1, 0.15) is 25.6 Å². The topological polar surface area (TPSA) is 189 Å². The average Bonchev–Trinajstić information content (AvgIpc) is 3.03. The van der Waals surface area contributed by atoms with Crippen LogP contribution in [0.5, 0.6) is 0 Å². The van der Waals surface area contributed by atoms with Gasteiger partial charge in [-0.25, -0.2) is 4.79 Å². The molecule has 3 N–H and O–H groups in total. The number of carbonyl (C=O) groups is 2. The summed E-state index contributed by atoms with van der Waals surface area (Å²) in [5.41, 5.74) is 6.63. The Morgan fingerprint density at radius 1 is 1.32 bits per heavy atom. The quantitative estimate of drug-likeness (QED) is 0.218. The molecule has 4 atom stereocenters. The van der Waals surface area contributed by atoms with Crippen molar-refractivity contribution in [2.45, 2.75) is 44.4 Å². The van der Waals surface area contributed by atoms with Crippen molar-refractivity contribution in [3.05, 3.63) is 69.1 Å². The van der Waals surface area contributed by atoms with E-state index < -0.39 is 54.3 Å². The molecule has 1 aromatic heterocycles. The number of nitrogens with one attached hydrogen (secondary N) is 1. The third-order valence-electron chi connectivity index (χ3n) is 5.09. The van der Waals surface area contributed by atoms with Gasteiger partial charge in [0, 0.05) is 11.1 Å². The van der Waals surface area contributed by atoms with E-state index in [4.69, 9.17) is 15.0 Å². The maximum absolute atomic E-state index is 12.6. The molecule has 0 radical (unpaired) electrons. The van der Waals surface area contributed by atoms with Gasteiger partial charge in [-0.15, -0.1) is 0 Å². The van der Waals surface area contributed by atoms with Crippen LogP contribution in [-0.2, 0) is 25.5 Å². The molecule has 1 fully saturated rings. The predicted molar refractivity (Wildman–Crippen MR) is 117 cm³/mol. The number of azide groups is 1. The summed E-state index contributed by atoms with van der Waals surface area (Å²) in [6.07, 6.45) is -3.77. The number of ether oxygens (including phenoxy) is 2. The molecule has 180 valence electrons. The summed E-state index contributed by atoms with van der Waals surface area (Å²) >= 11 is 0. The number of amides is 1. The minimum absolute atomic E-state index is 0.0256. The van der Waals surface area contributed by atoms with Crippen LogP contribution in [0, 0.1) is 5.92 Å². The summed E-state index contributed by atoms with van der Waals surface area (Å²) in [6, 6.07) is 10.3. The van der Waals surface area contributed by atoms with E-state index in [0.29, 0.717) is 0 Å². The lowest BCUT2D eigenvalue weighted by Gasteiger charge is -2.26. The van der Waals surface area contributed by atoms with Crippen LogP contribution < -0.4 is 11.0 Å². The largest absolute Gasteiger partial charge is 0.462 e. The second-order valence-corrected chi connectivity index (χ2v) is 7.95. The molecule has 0 spiro atoms. The Kier molecular flexibility index (Phi) is 7.64. The lowest BCUT2D eigenvalue weighted by atomic mass is 10.1. The average molecular weight is 472 g/mol. The summed E-state index contributed by atoms with van der Waals surface area (Å²) in [4.78, 5) is 43.0. The van der Waals surface area contributed by atoms with Gasteiger partial charge >= 0.3 is 11.7 Å². The molecule has 0 bridgehead atoms. The maximum atomic E-state index is 12.6. The second-order valence-electron chi connectivity index (χ2n) is 7.95. The van der Waals surface area contributed by atoms with Gasteiger partial charge in [-0.3, -0.25) is 14.2 Å². The summed E-state index contributed by atoms with van der Waals surface area (Å²) in [5.74, 6) is -1.56. The number of carbonyl (C=O) groups excluding carboxylic acids is 2. The number of aliphatic hydroxyl groups is 2. The van der Waals surface area contributed by atoms with Crippen LogP contribution >= 0.6 is 0 Å². The zero-order valence-corrected chi connectivity index (χ0v) is 18.4. The van der Waals surface area contributed by atoms with Crippen molar-refractivity contribution in [1.29, 1.82) is 0 Å². The molecule has 34 heavy (non-hydrogen) atoms. The SMILES string of the molecule is CC(C)C(=O)OCC1(N=[N+]=[N-])OC(n2ccc(NC(=O)Cc3ccccc3)nc2=O)C(O)C1O. The zero-order valence-electron chi connectivity index (χ0n) is 18.4. The van der Waals surface area contributed by atoms with Crippen molar-refractivity contribution in [3.63, 3.8) is 0 Å². The highest BCUT2D eigenvalue weighted by atomic mass is 16.6. The van der Waals surface area contributed by atoms with Gasteiger partial charge in [0.2, 0.25) is 11.6 Å². The van der Waals surface area contributed by atoms with Crippen LogP contribution in [0.2, 0.25) is 0 Å². The Morgan fingerprint density at radius 2 is 2.03 bits per heavy atom. The molecule has 0 aliphatic carbocycles. The van der Waals surface area contributed by atoms with Crippen LogP contribution in [0.3, 0.4) is 0 Å². The second kappa shape index (κ2) is 10.4. The molecule has 13 heteroatoms. The van der Waals surface area contributed by atoms with Gasteiger partial charge < -0.3 is 25.0 Å². The summed E-state index contributed by atoms with van der Waals surface area (Å²) in [6.45, 7) is 2.48. The van der Waals surface area contributed by atoms with E-state index in [1.165, 1.54) is 12.3 Å². The molecule has 0 saturated carbocycles. The fourth-order valence-corrected chi connectivity index (χ4v) is 3.28. The first-order valence-corrected chi connectivity index (χ1v) is 10.4. The molecule has 1 aliphatic heterocycles. The Balaban J connectivity index is 1.77. The van der Waals surface area contributed by atoms with Crippen molar-refractivity contribution in [3.8, 4) is 0 Å². The molecule has 2 aromatic rings. The van der Waals surface area contributed by atoms with Crippen molar-refractivity contribution in [2.24, 2.45) is 11.0 Å². The molecule has 13 nitrogen and oxygen atoms in total. The molecular formula is C21H24N6O7. The first-order chi connectivity index (χ1) is 16.2. The first-order valence-electron chi connectivity index (χ1n) is 10.4. The highest BCUT2D eigenvalue weighted by Gasteiger charge is 2.56. The Hall–Kier alpha value is -3.77. The minimum Gasteiger partial charge on any atom is -0.462 e. The molecule has 4 unspecified atom stereocenters. The number of aliphatic hydroxyl groups excluding tert-OH is 2. The van der Waals surface area contributed by atoms with Crippen LogP contribution in [0.25, 0.3) is 10.4 Å². The van der Waals surface area contributed by atoms with E-state index in [1.807, 2.05) is 6.07 Å². The molecule has 2 heterocycles. The van der Waals surface area contributed by atoms with Crippen molar-refractivity contribution in [1.82, 2.24) is 9.55 Å². The summed E-state index contributed by atoms with van der Waals surface area (Å²) in [5, 5.41) is 26.9. The van der Waals surface area contributed by atoms with E-state index in [1.54, 1.807) is 38.1 Å². The standard InChI is InChI=1S/C21H24N6O7/c1-12(2)19(31)33-11-21(25-26-22)17(30)16(29)18(34-21)27-9-8-14(24-20(27)32)23-15(28)10-13-6-4-3-5-7-13/h3-9,12,16-18,29-30H,10-11H2,1-2H3,(H,23,24,28,32). The van der Waals surface area contributed by atoms with E-state index >= 15 is 0 Å². The Bertz CT molecular complexity index is 1150. The number of anilines is 1. The fraction of sp³-hybridized carbons (Fsp3) is 0.429. The predicted octanol–water partition coefficient (Wildman–Crippen LogP) is 0.881. The Labute approximate surface area is 193 Å². The number of aromatic nitrogens is 2. The Morgan fingerprint density at radius 3 is 2.65 bits per heavy atom. The van der Waals surface area contributed by atoms with Crippen molar-refractivity contribution in [2.75, 3.05) is 11.9 Å². The van der Waals surface area contributed by atoms with Crippen LogP contribution in [0.15, 0.2) is 52.5 Å². The number of hydrogen-bond donors (Lipinski definition) is 3. The lowest BCUT2D eigenvalue weighted by molar-refractivity contribution is -0.168. The van der Waals surface area contributed by atoms with Gasteiger partial charge in [0.25, 0.3) is 0 Å². The number of hydrogen-bond acceptors (Lipinski definition) is 9. The summed E-state index contributed by atoms with van der Waals surface area (Å²) < 4.78 is 11.4. The monoisotopic (exact) mass is 472 g/mol. The number of benzene rings is 1. The normalized spacial score (nSPS) is 23.9. The molecule has 1 aromatic carbocycles. The van der Waals surface area contributed by atoms with Gasteiger partial charge in [0.15, 0.2) is 6.23 Å². The number of nitrogens with zero attached hydrogens (tertiary/aromatic N) is 5. The molecule has 3 rings (SSSR count). The highest BCUT2D eigenvalue weighted by molar-refractivity contribution is 5.91. The summed E-state index contributed by atoms with van der Waals surface area (Å²) in [7, 11) is 0. The van der Waals surface area contributed by atoms with Crippen molar-refractivity contribution < 1.29 is 29.3 Å². The molecular weight excluding hydrogens is 448 g/mol. The van der Waals surface area contributed by atoms with Crippen LogP contribution in [0.4, 0.5) is 5.82 Å². The van der Waals surface area contributed by atoms with E-state index in [0.717, 1.165) is 10.1 Å². The highest BCUT2D eigenvalue weighted by Crippen LogP contribution is 2.38. The molecule has 1 amide bonds. The van der Waals surface area contributed by atoms with Gasteiger partial charge in [-0.2, -0.15) is 4.98 Å². The maximum Gasteiger partial charge on any atom is 0.351 e. The molecule has 1 aliphatic rings. The van der Waals surface area contributed by atoms with E-state index in [2.05, 4.69) is 20.3 Å².